The molecule has 2 aromatic carbocycles. The first-order valence-corrected chi connectivity index (χ1v) is 8.22. The van der Waals surface area contributed by atoms with E-state index >= 15 is 0 Å². The van der Waals surface area contributed by atoms with Crippen LogP contribution in [0.3, 0.4) is 0 Å². The number of fused-ring (bicyclic) bond motifs is 1. The Bertz CT molecular complexity index is 1120. The van der Waals surface area contributed by atoms with Gasteiger partial charge < -0.3 is 9.26 Å². The molecular formula is C20H14FN3O3. The third-order valence-corrected chi connectivity index (χ3v) is 3.96. The lowest BCUT2D eigenvalue weighted by atomic mass is 10.1. The monoisotopic (exact) mass is 363 g/mol. The summed E-state index contributed by atoms with van der Waals surface area (Å²) in [4.78, 5) is 21.1. The number of carbonyl (C=O) groups is 1. The molecule has 6 nitrogen and oxygen atoms in total. The smallest absolute Gasteiger partial charge is 0.339 e. The van der Waals surface area contributed by atoms with Gasteiger partial charge >= 0.3 is 5.97 Å². The highest BCUT2D eigenvalue weighted by Gasteiger charge is 2.16. The van der Waals surface area contributed by atoms with Crippen molar-refractivity contribution in [1.82, 2.24) is 15.1 Å². The topological polar surface area (TPSA) is 78.1 Å². The number of hydrogen-bond donors (Lipinski definition) is 0. The number of pyridine rings is 1. The predicted octanol–water partition coefficient (Wildman–Crippen LogP) is 4.09. The maximum absolute atomic E-state index is 13.0. The quantitative estimate of drug-likeness (QED) is 0.508. The molecule has 0 amide bonds. The Hall–Kier alpha value is -3.61. The molecule has 0 aliphatic heterocycles. The van der Waals surface area contributed by atoms with Gasteiger partial charge in [-0.15, -0.1) is 0 Å². The summed E-state index contributed by atoms with van der Waals surface area (Å²) in [5, 5.41) is 4.53. The molecule has 0 atom stereocenters. The van der Waals surface area contributed by atoms with E-state index in [9.17, 15) is 9.18 Å². The van der Waals surface area contributed by atoms with Crippen LogP contribution in [0.25, 0.3) is 22.3 Å². The fourth-order valence-corrected chi connectivity index (χ4v) is 2.71. The molecule has 2 heterocycles. The van der Waals surface area contributed by atoms with E-state index in [1.54, 1.807) is 18.2 Å². The highest BCUT2D eigenvalue weighted by Crippen LogP contribution is 2.20. The molecule has 0 aliphatic rings. The maximum atomic E-state index is 13.0. The summed E-state index contributed by atoms with van der Waals surface area (Å²) in [6.07, 6.45) is 0. The van der Waals surface area contributed by atoms with Gasteiger partial charge in [0.2, 0.25) is 5.82 Å². The summed E-state index contributed by atoms with van der Waals surface area (Å²) < 4.78 is 23.4. The molecule has 27 heavy (non-hydrogen) atoms. The molecule has 4 rings (SSSR count). The first-order valence-electron chi connectivity index (χ1n) is 8.22. The molecule has 0 bridgehead atoms. The Morgan fingerprint density at radius 3 is 2.70 bits per heavy atom. The average Bonchev–Trinajstić information content (AvgIpc) is 3.15. The van der Waals surface area contributed by atoms with Gasteiger partial charge in [-0.1, -0.05) is 23.4 Å². The van der Waals surface area contributed by atoms with Crippen LogP contribution in [0, 0.1) is 12.7 Å². The first-order chi connectivity index (χ1) is 13.1. The number of aryl methyl sites for hydroxylation is 1. The fraction of sp³-hybridized carbons (Fsp3) is 0.100. The SMILES string of the molecule is Cc1cc(C(=O)OCc2nc(-c3ccc(F)cc3)no2)c2ccccc2n1. The van der Waals surface area contributed by atoms with E-state index in [4.69, 9.17) is 9.26 Å². The number of rotatable bonds is 4. The van der Waals surface area contributed by atoms with Gasteiger partial charge in [-0.25, -0.2) is 9.18 Å². The van der Waals surface area contributed by atoms with Crippen LogP contribution in [0.2, 0.25) is 0 Å². The number of para-hydroxylation sites is 1. The molecule has 0 N–H and O–H groups in total. The first kappa shape index (κ1) is 16.8. The number of carbonyl (C=O) groups excluding carboxylic acids is 1. The van der Waals surface area contributed by atoms with Gasteiger partial charge in [-0.05, 0) is 43.3 Å². The molecule has 0 fully saturated rings. The van der Waals surface area contributed by atoms with Gasteiger partial charge in [0, 0.05) is 16.6 Å². The molecule has 0 spiro atoms. The summed E-state index contributed by atoms with van der Waals surface area (Å²) in [5.41, 5.74) is 2.47. The predicted molar refractivity (Wildman–Crippen MR) is 95.3 cm³/mol. The van der Waals surface area contributed by atoms with Crippen LogP contribution in [0.15, 0.2) is 59.1 Å². The molecule has 0 unspecified atom stereocenters. The Kier molecular flexibility index (Phi) is 4.33. The number of nitrogens with zero attached hydrogens (tertiary/aromatic N) is 3. The normalized spacial score (nSPS) is 10.9. The molecule has 7 heteroatoms. The minimum absolute atomic E-state index is 0.151. The molecule has 0 aliphatic carbocycles. The van der Waals surface area contributed by atoms with E-state index in [1.807, 2.05) is 31.2 Å². The highest BCUT2D eigenvalue weighted by atomic mass is 19.1. The van der Waals surface area contributed by atoms with E-state index in [2.05, 4.69) is 15.1 Å². The summed E-state index contributed by atoms with van der Waals surface area (Å²) in [7, 11) is 0. The Labute approximate surface area is 153 Å². The largest absolute Gasteiger partial charge is 0.452 e. The van der Waals surface area contributed by atoms with E-state index in [-0.39, 0.29) is 18.3 Å². The van der Waals surface area contributed by atoms with Crippen molar-refractivity contribution in [3.8, 4) is 11.4 Å². The van der Waals surface area contributed by atoms with Crippen LogP contribution < -0.4 is 0 Å². The molecule has 0 saturated carbocycles. The van der Waals surface area contributed by atoms with Gasteiger partial charge in [0.1, 0.15) is 5.82 Å². The van der Waals surface area contributed by atoms with Crippen molar-refractivity contribution in [3.63, 3.8) is 0 Å². The Morgan fingerprint density at radius 2 is 1.89 bits per heavy atom. The Morgan fingerprint density at radius 1 is 1.11 bits per heavy atom. The van der Waals surface area contributed by atoms with Gasteiger partial charge in [0.15, 0.2) is 6.61 Å². The van der Waals surface area contributed by atoms with E-state index in [0.29, 0.717) is 22.3 Å². The van der Waals surface area contributed by atoms with Crippen LogP contribution in [-0.4, -0.2) is 21.1 Å². The van der Waals surface area contributed by atoms with E-state index < -0.39 is 5.97 Å². The standard InChI is InChI=1S/C20H14FN3O3/c1-12-10-16(15-4-2-3-5-17(15)22-12)20(25)26-11-18-23-19(24-27-18)13-6-8-14(21)9-7-13/h2-10H,11H2,1H3. The van der Waals surface area contributed by atoms with Crippen molar-refractivity contribution < 1.29 is 18.4 Å². The maximum Gasteiger partial charge on any atom is 0.339 e. The van der Waals surface area contributed by atoms with Crippen LogP contribution in [0.4, 0.5) is 4.39 Å². The summed E-state index contributed by atoms with van der Waals surface area (Å²) in [5.74, 6) is -0.404. The zero-order valence-electron chi connectivity index (χ0n) is 14.3. The minimum Gasteiger partial charge on any atom is -0.452 e. The van der Waals surface area contributed by atoms with E-state index in [1.165, 1.54) is 12.1 Å². The molecule has 4 aromatic rings. The molecule has 0 saturated heterocycles. The van der Waals surface area contributed by atoms with Crippen molar-refractivity contribution in [1.29, 1.82) is 0 Å². The van der Waals surface area contributed by atoms with Gasteiger partial charge in [0.25, 0.3) is 5.89 Å². The number of esters is 1. The van der Waals surface area contributed by atoms with E-state index in [0.717, 1.165) is 11.2 Å². The van der Waals surface area contributed by atoms with Crippen molar-refractivity contribution in [2.45, 2.75) is 13.5 Å². The lowest BCUT2D eigenvalue weighted by Gasteiger charge is -2.07. The number of ether oxygens (including phenoxy) is 1. The number of hydrogen-bond acceptors (Lipinski definition) is 6. The van der Waals surface area contributed by atoms with Gasteiger partial charge in [-0.2, -0.15) is 4.98 Å². The third kappa shape index (κ3) is 3.52. The number of benzene rings is 2. The van der Waals surface area contributed by atoms with Crippen molar-refractivity contribution >= 4 is 16.9 Å². The lowest BCUT2D eigenvalue weighted by Crippen LogP contribution is -2.07. The zero-order chi connectivity index (χ0) is 18.8. The molecule has 0 radical (unpaired) electrons. The van der Waals surface area contributed by atoms with Gasteiger partial charge in [0.05, 0.1) is 11.1 Å². The third-order valence-electron chi connectivity index (χ3n) is 3.96. The zero-order valence-corrected chi connectivity index (χ0v) is 14.3. The second kappa shape index (κ2) is 6.95. The average molecular weight is 363 g/mol. The summed E-state index contributed by atoms with van der Waals surface area (Å²) in [6.45, 7) is 1.65. The minimum atomic E-state index is -0.502. The van der Waals surface area contributed by atoms with Crippen LogP contribution in [0.1, 0.15) is 21.9 Å². The second-order valence-corrected chi connectivity index (χ2v) is 5.92. The Balaban J connectivity index is 1.51. The number of aromatic nitrogens is 3. The van der Waals surface area contributed by atoms with Crippen LogP contribution >= 0.6 is 0 Å². The van der Waals surface area contributed by atoms with Crippen molar-refractivity contribution in [3.05, 3.63) is 77.6 Å². The number of halogens is 1. The van der Waals surface area contributed by atoms with Crippen LogP contribution in [-0.2, 0) is 11.3 Å². The van der Waals surface area contributed by atoms with Crippen molar-refractivity contribution in [2.75, 3.05) is 0 Å². The summed E-state index contributed by atoms with van der Waals surface area (Å²) >= 11 is 0. The van der Waals surface area contributed by atoms with Gasteiger partial charge in [-0.3, -0.25) is 4.98 Å². The van der Waals surface area contributed by atoms with Crippen LogP contribution in [0.5, 0.6) is 0 Å². The summed E-state index contributed by atoms with van der Waals surface area (Å²) in [6, 6.07) is 14.7. The fourth-order valence-electron chi connectivity index (χ4n) is 2.71. The van der Waals surface area contributed by atoms with Crippen molar-refractivity contribution in [2.24, 2.45) is 0 Å². The second-order valence-electron chi connectivity index (χ2n) is 5.92. The molecular weight excluding hydrogens is 349 g/mol. The molecule has 2 aromatic heterocycles. The molecule has 134 valence electrons. The lowest BCUT2D eigenvalue weighted by molar-refractivity contribution is 0.0432. The highest BCUT2D eigenvalue weighted by molar-refractivity contribution is 6.03.